The maximum atomic E-state index is 12.3. The molecule has 1 N–H and O–H groups in total. The smallest absolute Gasteiger partial charge is 0.262 e. The van der Waals surface area contributed by atoms with Gasteiger partial charge in [-0.15, -0.1) is 0 Å². The van der Waals surface area contributed by atoms with Gasteiger partial charge < -0.3 is 19.7 Å². The fourth-order valence-corrected chi connectivity index (χ4v) is 3.01. The summed E-state index contributed by atoms with van der Waals surface area (Å²) in [5.41, 5.74) is 1.52. The Morgan fingerprint density at radius 1 is 1.04 bits per heavy atom. The first-order chi connectivity index (χ1) is 13.5. The molecule has 0 aromatic heterocycles. The van der Waals surface area contributed by atoms with Crippen LogP contribution in [0.15, 0.2) is 42.5 Å². The van der Waals surface area contributed by atoms with E-state index in [9.17, 15) is 9.59 Å². The van der Waals surface area contributed by atoms with E-state index in [1.54, 1.807) is 35.2 Å². The number of hydrogen-bond donors (Lipinski definition) is 1. The van der Waals surface area contributed by atoms with Crippen LogP contribution in [0.4, 0.5) is 5.69 Å². The molecule has 0 spiro atoms. The summed E-state index contributed by atoms with van der Waals surface area (Å²) in [6.45, 7) is 2.27. The number of ether oxygens (including phenoxy) is 2. The standard InChI is InChI=1S/C20H20Cl2N2O4/c21-17-6-5-16(12-18(17)22)28-13-19(25)23-15-3-1-14(2-4-15)11-20(26)24-7-9-27-10-8-24/h1-6,12H,7-11,13H2,(H,23,25). The van der Waals surface area contributed by atoms with Crippen LogP contribution in [0.5, 0.6) is 5.75 Å². The van der Waals surface area contributed by atoms with Crippen molar-refractivity contribution in [3.8, 4) is 5.75 Å². The largest absolute Gasteiger partial charge is 0.484 e. The molecule has 2 aromatic carbocycles. The number of carbonyl (C=O) groups is 2. The lowest BCUT2D eigenvalue weighted by atomic mass is 10.1. The number of anilines is 1. The Morgan fingerprint density at radius 3 is 2.43 bits per heavy atom. The zero-order chi connectivity index (χ0) is 19.9. The van der Waals surface area contributed by atoms with Gasteiger partial charge >= 0.3 is 0 Å². The van der Waals surface area contributed by atoms with Crippen LogP contribution in [0.25, 0.3) is 0 Å². The van der Waals surface area contributed by atoms with Gasteiger partial charge in [0, 0.05) is 24.8 Å². The number of nitrogens with one attached hydrogen (secondary N) is 1. The zero-order valence-corrected chi connectivity index (χ0v) is 16.6. The third-order valence-corrected chi connectivity index (χ3v) is 4.96. The molecule has 2 aromatic rings. The van der Waals surface area contributed by atoms with E-state index in [0.29, 0.717) is 54.2 Å². The quantitative estimate of drug-likeness (QED) is 0.774. The molecule has 1 aliphatic rings. The first-order valence-corrected chi connectivity index (χ1v) is 9.59. The van der Waals surface area contributed by atoms with Gasteiger partial charge in [-0.05, 0) is 29.8 Å². The minimum Gasteiger partial charge on any atom is -0.484 e. The summed E-state index contributed by atoms with van der Waals surface area (Å²) in [5, 5.41) is 3.53. The van der Waals surface area contributed by atoms with E-state index in [1.807, 2.05) is 12.1 Å². The molecule has 1 aliphatic heterocycles. The van der Waals surface area contributed by atoms with Crippen LogP contribution in [0, 0.1) is 0 Å². The predicted octanol–water partition coefficient (Wildman–Crippen LogP) is 3.41. The molecular weight excluding hydrogens is 403 g/mol. The first kappa shape index (κ1) is 20.5. The average molecular weight is 423 g/mol. The normalized spacial score (nSPS) is 13.9. The van der Waals surface area contributed by atoms with Crippen molar-refractivity contribution in [1.82, 2.24) is 4.90 Å². The number of amides is 2. The Morgan fingerprint density at radius 2 is 1.75 bits per heavy atom. The lowest BCUT2D eigenvalue weighted by molar-refractivity contribution is -0.134. The van der Waals surface area contributed by atoms with Crippen molar-refractivity contribution in [3.05, 3.63) is 58.1 Å². The molecule has 1 fully saturated rings. The Balaban J connectivity index is 1.47. The summed E-state index contributed by atoms with van der Waals surface area (Å²) < 4.78 is 10.7. The highest BCUT2D eigenvalue weighted by Crippen LogP contribution is 2.26. The number of rotatable bonds is 6. The molecule has 1 saturated heterocycles. The molecule has 0 saturated carbocycles. The van der Waals surface area contributed by atoms with Gasteiger partial charge in [0.2, 0.25) is 5.91 Å². The van der Waals surface area contributed by atoms with Gasteiger partial charge in [0.1, 0.15) is 5.75 Å². The highest BCUT2D eigenvalue weighted by Gasteiger charge is 2.17. The van der Waals surface area contributed by atoms with Crippen LogP contribution in [-0.2, 0) is 20.7 Å². The molecule has 0 aliphatic carbocycles. The molecule has 0 unspecified atom stereocenters. The van der Waals surface area contributed by atoms with Gasteiger partial charge in [0.25, 0.3) is 5.91 Å². The molecule has 8 heteroatoms. The Labute approximate surface area is 173 Å². The van der Waals surface area contributed by atoms with Gasteiger partial charge in [0.15, 0.2) is 6.61 Å². The molecule has 28 heavy (non-hydrogen) atoms. The molecule has 1 heterocycles. The van der Waals surface area contributed by atoms with Crippen LogP contribution in [0.2, 0.25) is 10.0 Å². The van der Waals surface area contributed by atoms with Gasteiger partial charge in [0.05, 0.1) is 29.7 Å². The molecular formula is C20H20Cl2N2O4. The van der Waals surface area contributed by atoms with Crippen LogP contribution >= 0.6 is 23.2 Å². The third-order valence-electron chi connectivity index (χ3n) is 4.22. The van der Waals surface area contributed by atoms with Crippen LogP contribution in [-0.4, -0.2) is 49.6 Å². The lowest BCUT2D eigenvalue weighted by Crippen LogP contribution is -2.41. The summed E-state index contributed by atoms with van der Waals surface area (Å²) in [6, 6.07) is 12.0. The van der Waals surface area contributed by atoms with Gasteiger partial charge in [-0.3, -0.25) is 9.59 Å². The fourth-order valence-electron chi connectivity index (χ4n) is 2.72. The van der Waals surface area contributed by atoms with E-state index < -0.39 is 0 Å². The van der Waals surface area contributed by atoms with Crippen molar-refractivity contribution >= 4 is 40.7 Å². The minimum absolute atomic E-state index is 0.0788. The Hall–Kier alpha value is -2.28. The Kier molecular flexibility index (Phi) is 7.14. The highest BCUT2D eigenvalue weighted by atomic mass is 35.5. The molecule has 0 radical (unpaired) electrons. The van der Waals surface area contributed by atoms with E-state index in [-0.39, 0.29) is 18.4 Å². The molecule has 6 nitrogen and oxygen atoms in total. The van der Waals surface area contributed by atoms with E-state index >= 15 is 0 Å². The van der Waals surface area contributed by atoms with E-state index in [0.717, 1.165) is 5.56 Å². The van der Waals surface area contributed by atoms with Crippen LogP contribution in [0.3, 0.4) is 0 Å². The lowest BCUT2D eigenvalue weighted by Gasteiger charge is -2.26. The number of benzene rings is 2. The van der Waals surface area contributed by atoms with Crippen molar-refractivity contribution in [3.63, 3.8) is 0 Å². The predicted molar refractivity (Wildman–Crippen MR) is 108 cm³/mol. The monoisotopic (exact) mass is 422 g/mol. The maximum Gasteiger partial charge on any atom is 0.262 e. The fraction of sp³-hybridized carbons (Fsp3) is 0.300. The van der Waals surface area contributed by atoms with Crippen molar-refractivity contribution < 1.29 is 19.1 Å². The second kappa shape index (κ2) is 9.78. The second-order valence-corrected chi connectivity index (χ2v) is 7.09. The molecule has 0 atom stereocenters. The van der Waals surface area contributed by atoms with Crippen molar-refractivity contribution in [2.24, 2.45) is 0 Å². The number of nitrogens with zero attached hydrogens (tertiary/aromatic N) is 1. The number of carbonyl (C=O) groups excluding carboxylic acids is 2. The summed E-state index contributed by atoms with van der Waals surface area (Å²) >= 11 is 11.8. The van der Waals surface area contributed by atoms with E-state index in [4.69, 9.17) is 32.7 Å². The van der Waals surface area contributed by atoms with Gasteiger partial charge in [-0.2, -0.15) is 0 Å². The van der Waals surface area contributed by atoms with Crippen LogP contribution in [0.1, 0.15) is 5.56 Å². The molecule has 2 amide bonds. The van der Waals surface area contributed by atoms with Gasteiger partial charge in [-0.25, -0.2) is 0 Å². The summed E-state index contributed by atoms with van der Waals surface area (Å²) in [6.07, 6.45) is 0.328. The zero-order valence-electron chi connectivity index (χ0n) is 15.1. The number of morpholine rings is 1. The Bertz CT molecular complexity index is 837. The van der Waals surface area contributed by atoms with Crippen molar-refractivity contribution in [2.45, 2.75) is 6.42 Å². The summed E-state index contributed by atoms with van der Waals surface area (Å²) in [7, 11) is 0. The first-order valence-electron chi connectivity index (χ1n) is 8.83. The van der Waals surface area contributed by atoms with E-state index in [2.05, 4.69) is 5.32 Å². The van der Waals surface area contributed by atoms with Gasteiger partial charge in [-0.1, -0.05) is 35.3 Å². The molecule has 0 bridgehead atoms. The van der Waals surface area contributed by atoms with Crippen LogP contribution < -0.4 is 10.1 Å². The SMILES string of the molecule is O=C(COc1ccc(Cl)c(Cl)c1)Nc1ccc(CC(=O)N2CCOCC2)cc1. The second-order valence-electron chi connectivity index (χ2n) is 6.28. The van der Waals surface area contributed by atoms with Crippen molar-refractivity contribution in [1.29, 1.82) is 0 Å². The van der Waals surface area contributed by atoms with Crippen molar-refractivity contribution in [2.75, 3.05) is 38.2 Å². The molecule has 3 rings (SSSR count). The number of hydrogen-bond acceptors (Lipinski definition) is 4. The van der Waals surface area contributed by atoms with E-state index in [1.165, 1.54) is 0 Å². The number of halogens is 2. The maximum absolute atomic E-state index is 12.3. The topological polar surface area (TPSA) is 67.9 Å². The highest BCUT2D eigenvalue weighted by molar-refractivity contribution is 6.42. The average Bonchev–Trinajstić information content (AvgIpc) is 2.71. The molecule has 148 valence electrons. The summed E-state index contributed by atoms with van der Waals surface area (Å²) in [4.78, 5) is 26.1. The minimum atomic E-state index is -0.303. The third kappa shape index (κ3) is 5.86. The summed E-state index contributed by atoms with van der Waals surface area (Å²) in [5.74, 6) is 0.236.